The standard InChI is InChI=1S/C25H30O5/c1-25(19-6-10-21(26)11-7-19,20-8-12-22(27)13-9-20)16-3-17-30-24(29)15-14-23(28)18-4-2-5-18/h6-13,26-28H,2-5,14-17H2,1H3. The van der Waals surface area contributed by atoms with Crippen LogP contribution in [0.4, 0.5) is 0 Å². The molecule has 0 unspecified atom stereocenters. The molecule has 3 rings (SSSR count). The Balaban J connectivity index is 1.58. The van der Waals surface area contributed by atoms with E-state index in [4.69, 9.17) is 4.74 Å². The third-order valence-electron chi connectivity index (χ3n) is 6.02. The molecule has 0 radical (unpaired) electrons. The van der Waals surface area contributed by atoms with Crippen molar-refractivity contribution >= 4 is 5.97 Å². The summed E-state index contributed by atoms with van der Waals surface area (Å²) in [5, 5.41) is 29.2. The molecule has 0 bridgehead atoms. The van der Waals surface area contributed by atoms with Crippen molar-refractivity contribution in [3.8, 4) is 11.5 Å². The van der Waals surface area contributed by atoms with Gasteiger partial charge in [0.2, 0.25) is 0 Å². The van der Waals surface area contributed by atoms with Gasteiger partial charge in [-0.15, -0.1) is 0 Å². The van der Waals surface area contributed by atoms with Gasteiger partial charge in [-0.2, -0.15) is 0 Å². The Labute approximate surface area is 177 Å². The van der Waals surface area contributed by atoms with Gasteiger partial charge in [-0.05, 0) is 73.1 Å². The van der Waals surface area contributed by atoms with Gasteiger partial charge in [-0.1, -0.05) is 31.2 Å². The molecule has 1 aliphatic carbocycles. The molecule has 2 aromatic carbocycles. The Morgan fingerprint density at radius 2 is 1.47 bits per heavy atom. The predicted molar refractivity (Wildman–Crippen MR) is 116 cm³/mol. The van der Waals surface area contributed by atoms with Crippen LogP contribution in [0.15, 0.2) is 59.9 Å². The second-order valence-corrected chi connectivity index (χ2v) is 8.15. The first kappa shape index (κ1) is 21.8. The van der Waals surface area contributed by atoms with E-state index in [0.29, 0.717) is 25.2 Å². The van der Waals surface area contributed by atoms with Gasteiger partial charge in [0, 0.05) is 11.8 Å². The molecule has 0 saturated heterocycles. The third-order valence-corrected chi connectivity index (χ3v) is 6.02. The van der Waals surface area contributed by atoms with Crippen LogP contribution in [0.1, 0.15) is 63.0 Å². The molecular weight excluding hydrogens is 380 g/mol. The Hall–Kier alpha value is -2.95. The number of esters is 1. The predicted octanol–water partition coefficient (Wildman–Crippen LogP) is 5.50. The highest BCUT2D eigenvalue weighted by molar-refractivity contribution is 5.69. The maximum atomic E-state index is 12.0. The van der Waals surface area contributed by atoms with Crippen molar-refractivity contribution in [2.24, 2.45) is 0 Å². The van der Waals surface area contributed by atoms with Crippen molar-refractivity contribution in [1.29, 1.82) is 0 Å². The molecule has 1 saturated carbocycles. The van der Waals surface area contributed by atoms with Crippen LogP contribution in [0, 0.1) is 0 Å². The fourth-order valence-electron chi connectivity index (χ4n) is 3.84. The molecule has 0 aliphatic heterocycles. The van der Waals surface area contributed by atoms with Gasteiger partial charge in [-0.25, -0.2) is 0 Å². The van der Waals surface area contributed by atoms with Crippen molar-refractivity contribution in [3.63, 3.8) is 0 Å². The monoisotopic (exact) mass is 410 g/mol. The maximum absolute atomic E-state index is 12.0. The zero-order valence-electron chi connectivity index (χ0n) is 17.4. The normalized spacial score (nSPS) is 13.6. The molecule has 5 heteroatoms. The zero-order valence-corrected chi connectivity index (χ0v) is 17.4. The van der Waals surface area contributed by atoms with Crippen LogP contribution in [-0.4, -0.2) is 27.9 Å². The topological polar surface area (TPSA) is 87.0 Å². The van der Waals surface area contributed by atoms with Crippen molar-refractivity contribution in [2.75, 3.05) is 6.61 Å². The van der Waals surface area contributed by atoms with Crippen LogP contribution in [0.5, 0.6) is 11.5 Å². The van der Waals surface area contributed by atoms with Gasteiger partial charge in [0.25, 0.3) is 0 Å². The minimum atomic E-state index is -0.360. The lowest BCUT2D eigenvalue weighted by Gasteiger charge is -2.31. The minimum absolute atomic E-state index is 0.197. The summed E-state index contributed by atoms with van der Waals surface area (Å²) in [6.07, 6.45) is 4.93. The van der Waals surface area contributed by atoms with E-state index in [2.05, 4.69) is 6.92 Å². The summed E-state index contributed by atoms with van der Waals surface area (Å²) in [7, 11) is 0. The highest BCUT2D eigenvalue weighted by Gasteiger charge is 2.28. The van der Waals surface area contributed by atoms with Crippen LogP contribution < -0.4 is 0 Å². The van der Waals surface area contributed by atoms with Crippen molar-refractivity contribution in [3.05, 3.63) is 71.0 Å². The number of hydrogen-bond acceptors (Lipinski definition) is 5. The Morgan fingerprint density at radius 1 is 0.933 bits per heavy atom. The van der Waals surface area contributed by atoms with E-state index in [0.717, 1.165) is 42.4 Å². The smallest absolute Gasteiger partial charge is 0.306 e. The molecular formula is C25H30O5. The van der Waals surface area contributed by atoms with E-state index in [1.807, 2.05) is 24.3 Å². The lowest BCUT2D eigenvalue weighted by molar-refractivity contribution is -0.143. The second-order valence-electron chi connectivity index (χ2n) is 8.15. The number of rotatable bonds is 9. The number of allylic oxidation sites excluding steroid dienone is 2. The average Bonchev–Trinajstić information content (AvgIpc) is 2.69. The van der Waals surface area contributed by atoms with E-state index in [1.54, 1.807) is 24.3 Å². The number of aliphatic hydroxyl groups excluding tert-OH is 1. The number of carbonyl (C=O) groups is 1. The third kappa shape index (κ3) is 5.35. The van der Waals surface area contributed by atoms with E-state index in [9.17, 15) is 20.1 Å². The Kier molecular flexibility index (Phi) is 7.03. The lowest BCUT2D eigenvalue weighted by Crippen LogP contribution is -2.24. The van der Waals surface area contributed by atoms with Gasteiger partial charge in [0.15, 0.2) is 0 Å². The molecule has 0 aromatic heterocycles. The summed E-state index contributed by atoms with van der Waals surface area (Å²) in [4.78, 5) is 12.0. The molecule has 160 valence electrons. The number of phenolic OH excluding ortho intramolecular Hbond substituents is 2. The first-order chi connectivity index (χ1) is 14.4. The van der Waals surface area contributed by atoms with E-state index < -0.39 is 0 Å². The van der Waals surface area contributed by atoms with E-state index in [1.165, 1.54) is 0 Å². The van der Waals surface area contributed by atoms with Crippen LogP contribution in [-0.2, 0) is 14.9 Å². The quantitative estimate of drug-likeness (QED) is 0.288. The first-order valence-corrected chi connectivity index (χ1v) is 10.5. The molecule has 30 heavy (non-hydrogen) atoms. The Morgan fingerprint density at radius 3 is 1.93 bits per heavy atom. The summed E-state index contributed by atoms with van der Waals surface area (Å²) in [6, 6.07) is 14.2. The summed E-state index contributed by atoms with van der Waals surface area (Å²) in [6.45, 7) is 2.42. The SMILES string of the molecule is CC(CCCOC(=O)CCC(O)=C1CCC1)(c1ccc(O)cc1)c1ccc(O)cc1. The fourth-order valence-corrected chi connectivity index (χ4v) is 3.84. The molecule has 3 N–H and O–H groups in total. The molecule has 0 spiro atoms. The molecule has 0 amide bonds. The zero-order chi connectivity index (χ0) is 21.6. The summed E-state index contributed by atoms with van der Waals surface area (Å²) >= 11 is 0. The maximum Gasteiger partial charge on any atom is 0.306 e. The largest absolute Gasteiger partial charge is 0.512 e. The number of phenols is 2. The average molecular weight is 411 g/mol. The van der Waals surface area contributed by atoms with Crippen molar-refractivity contribution < 1.29 is 24.9 Å². The van der Waals surface area contributed by atoms with Crippen LogP contribution in [0.25, 0.3) is 0 Å². The van der Waals surface area contributed by atoms with Crippen molar-refractivity contribution in [1.82, 2.24) is 0 Å². The fraction of sp³-hybridized carbons (Fsp3) is 0.400. The summed E-state index contributed by atoms with van der Waals surface area (Å²) in [5.74, 6) is 0.476. The molecule has 2 aromatic rings. The molecule has 1 aliphatic rings. The summed E-state index contributed by atoms with van der Waals surface area (Å²) in [5.41, 5.74) is 2.78. The van der Waals surface area contributed by atoms with Gasteiger partial charge < -0.3 is 20.1 Å². The van der Waals surface area contributed by atoms with Gasteiger partial charge in [0.05, 0.1) is 18.8 Å². The van der Waals surface area contributed by atoms with Crippen LogP contribution in [0.2, 0.25) is 0 Å². The van der Waals surface area contributed by atoms with Crippen molar-refractivity contribution in [2.45, 2.75) is 57.3 Å². The van der Waals surface area contributed by atoms with E-state index >= 15 is 0 Å². The molecule has 1 fully saturated rings. The molecule has 5 nitrogen and oxygen atoms in total. The number of aromatic hydroxyl groups is 2. The lowest BCUT2D eigenvalue weighted by atomic mass is 9.73. The van der Waals surface area contributed by atoms with Gasteiger partial charge in [0.1, 0.15) is 11.5 Å². The number of benzene rings is 2. The van der Waals surface area contributed by atoms with Crippen LogP contribution in [0.3, 0.4) is 0 Å². The molecule has 0 heterocycles. The summed E-state index contributed by atoms with van der Waals surface area (Å²) < 4.78 is 5.38. The Bertz CT molecular complexity index is 829. The number of hydrogen-bond donors (Lipinski definition) is 3. The van der Waals surface area contributed by atoms with E-state index in [-0.39, 0.29) is 29.3 Å². The minimum Gasteiger partial charge on any atom is -0.512 e. The first-order valence-electron chi connectivity index (χ1n) is 10.5. The van der Waals surface area contributed by atoms with Gasteiger partial charge >= 0.3 is 5.97 Å². The highest BCUT2D eigenvalue weighted by Crippen LogP contribution is 2.37. The number of aliphatic hydroxyl groups is 1. The number of ether oxygens (including phenoxy) is 1. The molecule has 0 atom stereocenters. The highest BCUT2D eigenvalue weighted by atomic mass is 16.5. The second kappa shape index (κ2) is 9.70. The number of carbonyl (C=O) groups excluding carboxylic acids is 1. The van der Waals surface area contributed by atoms with Gasteiger partial charge in [-0.3, -0.25) is 4.79 Å². The van der Waals surface area contributed by atoms with Crippen LogP contribution >= 0.6 is 0 Å².